The number of nitrogens with zero attached hydrogens (tertiary/aromatic N) is 2. The summed E-state index contributed by atoms with van der Waals surface area (Å²) < 4.78 is 16.8. The highest BCUT2D eigenvalue weighted by Crippen LogP contribution is 2.32. The second kappa shape index (κ2) is 6.60. The van der Waals surface area contributed by atoms with Crippen LogP contribution in [0.2, 0.25) is 0 Å². The Balaban J connectivity index is 1.73. The van der Waals surface area contributed by atoms with E-state index in [1.54, 1.807) is 7.11 Å². The van der Waals surface area contributed by atoms with Gasteiger partial charge in [-0.3, -0.25) is 5.10 Å². The van der Waals surface area contributed by atoms with Gasteiger partial charge in [-0.05, 0) is 36.6 Å². The molecule has 0 saturated carbocycles. The maximum absolute atomic E-state index is 6.10. The summed E-state index contributed by atoms with van der Waals surface area (Å²) in [5, 5.41) is 12.2. The van der Waals surface area contributed by atoms with Crippen LogP contribution < -0.4 is 14.8 Å². The molecule has 1 aliphatic heterocycles. The van der Waals surface area contributed by atoms with Gasteiger partial charge in [0, 0.05) is 23.6 Å². The first kappa shape index (κ1) is 15.7. The molecular weight excluding hydrogens is 320 g/mol. The number of hydrogen-bond acceptors (Lipinski definition) is 6. The summed E-state index contributed by atoms with van der Waals surface area (Å²) in [6.07, 6.45) is 0.899. The van der Waals surface area contributed by atoms with Crippen molar-refractivity contribution in [3.63, 3.8) is 0 Å². The summed E-state index contributed by atoms with van der Waals surface area (Å²) >= 11 is 0. The lowest BCUT2D eigenvalue weighted by atomic mass is 10.1. The number of aromatic nitrogens is 3. The second-order valence-corrected chi connectivity index (χ2v) is 6.06. The number of benzene rings is 1. The number of rotatable bonds is 5. The molecule has 1 aliphatic rings. The fourth-order valence-corrected chi connectivity index (χ4v) is 2.86. The molecule has 3 heterocycles. The van der Waals surface area contributed by atoms with Gasteiger partial charge in [0.1, 0.15) is 17.7 Å². The van der Waals surface area contributed by atoms with Crippen LogP contribution >= 0.6 is 0 Å². The van der Waals surface area contributed by atoms with Gasteiger partial charge in [0.25, 0.3) is 0 Å². The van der Waals surface area contributed by atoms with Crippen molar-refractivity contribution in [3.05, 3.63) is 36.0 Å². The minimum atomic E-state index is 0.0284. The standard InChI is InChI=1S/C18H20N4O3/c1-11-7-17(22-21-11)19-16-9-12-8-13(23-2)3-4-15(12)18(20-16)25-14-5-6-24-10-14/h3-4,7-9,14H,5-6,10H2,1-2H3,(H2,19,20,21,22). The summed E-state index contributed by atoms with van der Waals surface area (Å²) in [5.74, 6) is 2.75. The lowest BCUT2D eigenvalue weighted by molar-refractivity contribution is 0.139. The third kappa shape index (κ3) is 3.36. The van der Waals surface area contributed by atoms with E-state index < -0.39 is 0 Å². The molecule has 3 aromatic rings. The third-order valence-electron chi connectivity index (χ3n) is 4.13. The Kier molecular flexibility index (Phi) is 4.15. The summed E-state index contributed by atoms with van der Waals surface area (Å²) in [5.41, 5.74) is 0.976. The number of aryl methyl sites for hydroxylation is 1. The molecule has 1 unspecified atom stereocenters. The highest BCUT2D eigenvalue weighted by molar-refractivity contribution is 5.90. The van der Waals surface area contributed by atoms with Gasteiger partial charge in [0.2, 0.25) is 5.88 Å². The average Bonchev–Trinajstić information content (AvgIpc) is 3.26. The molecule has 0 spiro atoms. The molecule has 130 valence electrons. The number of nitrogens with one attached hydrogen (secondary N) is 2. The molecule has 25 heavy (non-hydrogen) atoms. The predicted octanol–water partition coefficient (Wildman–Crippen LogP) is 3.19. The van der Waals surface area contributed by atoms with Crippen molar-refractivity contribution >= 4 is 22.4 Å². The van der Waals surface area contributed by atoms with E-state index in [-0.39, 0.29) is 6.10 Å². The zero-order valence-electron chi connectivity index (χ0n) is 14.2. The van der Waals surface area contributed by atoms with Gasteiger partial charge in [-0.2, -0.15) is 10.1 Å². The topological polar surface area (TPSA) is 81.3 Å². The predicted molar refractivity (Wildman–Crippen MR) is 94.8 cm³/mol. The Hall–Kier alpha value is -2.80. The van der Waals surface area contributed by atoms with Crippen LogP contribution in [0.1, 0.15) is 12.1 Å². The van der Waals surface area contributed by atoms with E-state index in [4.69, 9.17) is 14.2 Å². The molecule has 7 nitrogen and oxygen atoms in total. The van der Waals surface area contributed by atoms with Crippen LogP contribution in [0, 0.1) is 6.92 Å². The van der Waals surface area contributed by atoms with Gasteiger partial charge >= 0.3 is 0 Å². The van der Waals surface area contributed by atoms with Crippen molar-refractivity contribution in [1.29, 1.82) is 0 Å². The average molecular weight is 340 g/mol. The Bertz CT molecular complexity index is 887. The van der Waals surface area contributed by atoms with Crippen LogP contribution in [-0.4, -0.2) is 41.6 Å². The second-order valence-electron chi connectivity index (χ2n) is 6.06. The van der Waals surface area contributed by atoms with Crippen molar-refractivity contribution in [1.82, 2.24) is 15.2 Å². The highest BCUT2D eigenvalue weighted by atomic mass is 16.5. The van der Waals surface area contributed by atoms with Crippen molar-refractivity contribution in [2.75, 3.05) is 25.6 Å². The molecule has 0 radical (unpaired) electrons. The van der Waals surface area contributed by atoms with Crippen LogP contribution in [-0.2, 0) is 4.74 Å². The number of hydrogen-bond donors (Lipinski definition) is 2. The number of methoxy groups -OCH3 is 1. The molecule has 0 aliphatic carbocycles. The minimum Gasteiger partial charge on any atom is -0.497 e. The Morgan fingerprint density at radius 3 is 2.88 bits per heavy atom. The van der Waals surface area contributed by atoms with E-state index in [0.717, 1.165) is 35.2 Å². The fraction of sp³-hybridized carbons (Fsp3) is 0.333. The highest BCUT2D eigenvalue weighted by Gasteiger charge is 2.20. The maximum Gasteiger partial charge on any atom is 0.223 e. The maximum atomic E-state index is 6.10. The first-order valence-corrected chi connectivity index (χ1v) is 8.23. The number of H-pyrrole nitrogens is 1. The van der Waals surface area contributed by atoms with Crippen molar-refractivity contribution in [3.8, 4) is 11.6 Å². The van der Waals surface area contributed by atoms with Crippen molar-refractivity contribution in [2.24, 2.45) is 0 Å². The zero-order valence-corrected chi connectivity index (χ0v) is 14.2. The van der Waals surface area contributed by atoms with E-state index in [2.05, 4.69) is 20.5 Å². The SMILES string of the molecule is COc1ccc2c(OC3CCOC3)nc(Nc3cc(C)[nH]n3)cc2c1. The number of anilines is 2. The summed E-state index contributed by atoms with van der Waals surface area (Å²) in [4.78, 5) is 4.64. The zero-order chi connectivity index (χ0) is 17.2. The molecule has 4 rings (SSSR count). The lowest BCUT2D eigenvalue weighted by Crippen LogP contribution is -2.17. The molecule has 1 saturated heterocycles. The van der Waals surface area contributed by atoms with Gasteiger partial charge in [-0.1, -0.05) is 0 Å². The summed E-state index contributed by atoms with van der Waals surface area (Å²) in [6, 6.07) is 9.72. The summed E-state index contributed by atoms with van der Waals surface area (Å²) in [7, 11) is 1.65. The molecule has 2 N–H and O–H groups in total. The molecule has 1 fully saturated rings. The van der Waals surface area contributed by atoms with Gasteiger partial charge in [0.15, 0.2) is 5.82 Å². The van der Waals surface area contributed by atoms with E-state index in [9.17, 15) is 0 Å². The van der Waals surface area contributed by atoms with Gasteiger partial charge in [-0.25, -0.2) is 0 Å². The van der Waals surface area contributed by atoms with E-state index >= 15 is 0 Å². The molecule has 0 bridgehead atoms. The van der Waals surface area contributed by atoms with E-state index in [0.29, 0.717) is 24.1 Å². The first-order valence-electron chi connectivity index (χ1n) is 8.23. The van der Waals surface area contributed by atoms with Crippen LogP contribution in [0.5, 0.6) is 11.6 Å². The number of pyridine rings is 1. The number of aromatic amines is 1. The Morgan fingerprint density at radius 1 is 1.24 bits per heavy atom. The van der Waals surface area contributed by atoms with Crippen LogP contribution in [0.15, 0.2) is 30.3 Å². The third-order valence-corrected chi connectivity index (χ3v) is 4.13. The Morgan fingerprint density at radius 2 is 2.16 bits per heavy atom. The van der Waals surface area contributed by atoms with Crippen molar-refractivity contribution < 1.29 is 14.2 Å². The first-order chi connectivity index (χ1) is 12.2. The van der Waals surface area contributed by atoms with E-state index in [1.165, 1.54) is 0 Å². The molecule has 0 amide bonds. The van der Waals surface area contributed by atoms with E-state index in [1.807, 2.05) is 37.3 Å². The molecule has 1 atom stereocenters. The number of fused-ring (bicyclic) bond motifs is 1. The smallest absolute Gasteiger partial charge is 0.223 e. The molecule has 7 heteroatoms. The van der Waals surface area contributed by atoms with Crippen LogP contribution in [0.25, 0.3) is 10.8 Å². The molecule has 2 aromatic heterocycles. The Labute approximate surface area is 145 Å². The summed E-state index contributed by atoms with van der Waals surface area (Å²) in [6.45, 7) is 3.27. The normalized spacial score (nSPS) is 17.0. The largest absolute Gasteiger partial charge is 0.497 e. The molecular formula is C18H20N4O3. The molecule has 1 aromatic carbocycles. The lowest BCUT2D eigenvalue weighted by Gasteiger charge is -2.15. The quantitative estimate of drug-likeness (QED) is 0.742. The van der Waals surface area contributed by atoms with Crippen molar-refractivity contribution in [2.45, 2.75) is 19.4 Å². The van der Waals surface area contributed by atoms with Gasteiger partial charge in [-0.15, -0.1) is 0 Å². The van der Waals surface area contributed by atoms with Gasteiger partial charge in [0.05, 0.1) is 20.3 Å². The fourth-order valence-electron chi connectivity index (χ4n) is 2.86. The van der Waals surface area contributed by atoms with Gasteiger partial charge < -0.3 is 19.5 Å². The number of ether oxygens (including phenoxy) is 3. The monoisotopic (exact) mass is 340 g/mol. The van der Waals surface area contributed by atoms with Crippen LogP contribution in [0.3, 0.4) is 0 Å². The minimum absolute atomic E-state index is 0.0284. The van der Waals surface area contributed by atoms with Crippen LogP contribution in [0.4, 0.5) is 11.6 Å².